The number of hydrogen-bond acceptors (Lipinski definition) is 2. The van der Waals surface area contributed by atoms with Crippen molar-refractivity contribution in [2.45, 2.75) is 32.2 Å². The molecule has 1 aromatic rings. The first-order chi connectivity index (χ1) is 8.54. The molecule has 1 saturated carbocycles. The third-order valence-electron chi connectivity index (χ3n) is 3.71. The Morgan fingerprint density at radius 2 is 1.94 bits per heavy atom. The van der Waals surface area contributed by atoms with Crippen molar-refractivity contribution in [3.63, 3.8) is 0 Å². The number of likely N-dealkylation sites (N-methyl/N-ethyl adjacent to an activating group) is 1. The van der Waals surface area contributed by atoms with Crippen LogP contribution in [0.3, 0.4) is 0 Å². The van der Waals surface area contributed by atoms with Crippen LogP contribution in [0.25, 0.3) is 0 Å². The SMILES string of the molecule is Cc1ccc(CC(=O)N(C)CC2CC(N)C2)cc1. The normalized spacial score (nSPS) is 22.4. The van der Waals surface area contributed by atoms with Gasteiger partial charge in [0.25, 0.3) is 0 Å². The monoisotopic (exact) mass is 246 g/mol. The average molecular weight is 246 g/mol. The van der Waals surface area contributed by atoms with E-state index < -0.39 is 0 Å². The molecule has 3 heteroatoms. The predicted molar refractivity (Wildman–Crippen MR) is 73.2 cm³/mol. The van der Waals surface area contributed by atoms with Crippen molar-refractivity contribution in [1.29, 1.82) is 0 Å². The summed E-state index contributed by atoms with van der Waals surface area (Å²) < 4.78 is 0. The minimum absolute atomic E-state index is 0.194. The zero-order chi connectivity index (χ0) is 13.1. The number of rotatable bonds is 4. The van der Waals surface area contributed by atoms with Gasteiger partial charge in [-0.1, -0.05) is 29.8 Å². The van der Waals surface area contributed by atoms with Gasteiger partial charge in [-0.2, -0.15) is 0 Å². The fourth-order valence-electron chi connectivity index (χ4n) is 2.44. The van der Waals surface area contributed by atoms with Gasteiger partial charge in [0, 0.05) is 19.6 Å². The molecule has 2 N–H and O–H groups in total. The highest BCUT2D eigenvalue weighted by Crippen LogP contribution is 2.26. The second kappa shape index (κ2) is 5.53. The molecular weight excluding hydrogens is 224 g/mol. The van der Waals surface area contributed by atoms with E-state index in [1.54, 1.807) is 0 Å². The zero-order valence-electron chi connectivity index (χ0n) is 11.2. The Hall–Kier alpha value is -1.35. The largest absolute Gasteiger partial charge is 0.345 e. The van der Waals surface area contributed by atoms with Gasteiger partial charge in [0.15, 0.2) is 0 Å². The standard InChI is InChI=1S/C15H22N2O/c1-11-3-5-12(6-4-11)9-15(18)17(2)10-13-7-14(16)8-13/h3-6,13-14H,7-10,16H2,1-2H3. The summed E-state index contributed by atoms with van der Waals surface area (Å²) in [7, 11) is 1.89. The van der Waals surface area contributed by atoms with E-state index in [0.717, 1.165) is 24.9 Å². The predicted octanol–water partition coefficient (Wildman–Crippen LogP) is 1.73. The summed E-state index contributed by atoms with van der Waals surface area (Å²) in [4.78, 5) is 13.9. The van der Waals surface area contributed by atoms with Crippen LogP contribution in [0.2, 0.25) is 0 Å². The summed E-state index contributed by atoms with van der Waals surface area (Å²) >= 11 is 0. The number of aryl methyl sites for hydroxylation is 1. The maximum absolute atomic E-state index is 12.0. The highest BCUT2D eigenvalue weighted by atomic mass is 16.2. The van der Waals surface area contributed by atoms with Crippen molar-refractivity contribution in [3.8, 4) is 0 Å². The highest BCUT2D eigenvalue weighted by Gasteiger charge is 2.27. The molecule has 2 rings (SSSR count). The molecule has 1 aliphatic rings. The van der Waals surface area contributed by atoms with Crippen LogP contribution in [0, 0.1) is 12.8 Å². The van der Waals surface area contributed by atoms with Crippen molar-refractivity contribution >= 4 is 5.91 Å². The summed E-state index contributed by atoms with van der Waals surface area (Å²) in [5, 5.41) is 0. The molecule has 0 bridgehead atoms. The van der Waals surface area contributed by atoms with E-state index in [9.17, 15) is 4.79 Å². The van der Waals surface area contributed by atoms with Crippen LogP contribution < -0.4 is 5.73 Å². The van der Waals surface area contributed by atoms with Crippen LogP contribution in [0.4, 0.5) is 0 Å². The fraction of sp³-hybridized carbons (Fsp3) is 0.533. The maximum Gasteiger partial charge on any atom is 0.226 e. The van der Waals surface area contributed by atoms with Crippen LogP contribution in [0.1, 0.15) is 24.0 Å². The molecule has 0 radical (unpaired) electrons. The lowest BCUT2D eigenvalue weighted by atomic mass is 9.80. The number of amides is 1. The molecule has 3 nitrogen and oxygen atoms in total. The summed E-state index contributed by atoms with van der Waals surface area (Å²) in [6.45, 7) is 2.90. The lowest BCUT2D eigenvalue weighted by molar-refractivity contribution is -0.130. The lowest BCUT2D eigenvalue weighted by Gasteiger charge is -2.35. The molecule has 0 aromatic heterocycles. The maximum atomic E-state index is 12.0. The summed E-state index contributed by atoms with van der Waals surface area (Å²) in [5.41, 5.74) is 8.07. The van der Waals surface area contributed by atoms with Gasteiger partial charge >= 0.3 is 0 Å². The minimum Gasteiger partial charge on any atom is -0.345 e. The first kappa shape index (κ1) is 13.1. The van der Waals surface area contributed by atoms with E-state index in [2.05, 4.69) is 6.92 Å². The van der Waals surface area contributed by atoms with Crippen LogP contribution in [-0.2, 0) is 11.2 Å². The van der Waals surface area contributed by atoms with Crippen LogP contribution >= 0.6 is 0 Å². The van der Waals surface area contributed by atoms with Crippen molar-refractivity contribution < 1.29 is 4.79 Å². The Morgan fingerprint density at radius 1 is 1.33 bits per heavy atom. The fourth-order valence-corrected chi connectivity index (χ4v) is 2.44. The van der Waals surface area contributed by atoms with E-state index in [1.807, 2.05) is 36.2 Å². The molecule has 0 spiro atoms. The number of carbonyl (C=O) groups excluding carboxylic acids is 1. The topological polar surface area (TPSA) is 46.3 Å². The molecule has 0 atom stereocenters. The Kier molecular flexibility index (Phi) is 4.02. The van der Waals surface area contributed by atoms with Gasteiger partial charge in [0.1, 0.15) is 0 Å². The molecule has 1 aromatic carbocycles. The van der Waals surface area contributed by atoms with Gasteiger partial charge in [-0.05, 0) is 31.2 Å². The molecule has 1 aliphatic carbocycles. The van der Waals surface area contributed by atoms with Gasteiger partial charge in [-0.25, -0.2) is 0 Å². The van der Waals surface area contributed by atoms with E-state index in [4.69, 9.17) is 5.73 Å². The van der Waals surface area contributed by atoms with Gasteiger partial charge in [-0.15, -0.1) is 0 Å². The Morgan fingerprint density at radius 3 is 2.50 bits per heavy atom. The molecule has 98 valence electrons. The molecule has 0 aliphatic heterocycles. The van der Waals surface area contributed by atoms with Crippen LogP contribution in [0.15, 0.2) is 24.3 Å². The molecule has 0 saturated heterocycles. The van der Waals surface area contributed by atoms with Crippen molar-refractivity contribution in [3.05, 3.63) is 35.4 Å². The average Bonchev–Trinajstić information content (AvgIpc) is 2.30. The molecule has 18 heavy (non-hydrogen) atoms. The highest BCUT2D eigenvalue weighted by molar-refractivity contribution is 5.78. The lowest BCUT2D eigenvalue weighted by Crippen LogP contribution is -2.43. The van der Waals surface area contributed by atoms with Gasteiger partial charge in [0.05, 0.1) is 6.42 Å². The van der Waals surface area contributed by atoms with E-state index in [1.165, 1.54) is 5.56 Å². The van der Waals surface area contributed by atoms with Gasteiger partial charge in [-0.3, -0.25) is 4.79 Å². The smallest absolute Gasteiger partial charge is 0.226 e. The van der Waals surface area contributed by atoms with Gasteiger partial charge < -0.3 is 10.6 Å². The van der Waals surface area contributed by atoms with E-state index in [0.29, 0.717) is 18.4 Å². The Balaban J connectivity index is 1.81. The van der Waals surface area contributed by atoms with Crippen LogP contribution in [-0.4, -0.2) is 30.4 Å². The third kappa shape index (κ3) is 3.33. The van der Waals surface area contributed by atoms with Crippen molar-refractivity contribution in [2.24, 2.45) is 11.7 Å². The third-order valence-corrected chi connectivity index (χ3v) is 3.71. The molecule has 1 fully saturated rings. The number of carbonyl (C=O) groups is 1. The van der Waals surface area contributed by atoms with Crippen molar-refractivity contribution in [2.75, 3.05) is 13.6 Å². The summed E-state index contributed by atoms with van der Waals surface area (Å²) in [5.74, 6) is 0.797. The molecule has 0 unspecified atom stereocenters. The zero-order valence-corrected chi connectivity index (χ0v) is 11.2. The molecular formula is C15H22N2O. The number of hydrogen-bond donors (Lipinski definition) is 1. The second-order valence-electron chi connectivity index (χ2n) is 5.53. The summed E-state index contributed by atoms with van der Waals surface area (Å²) in [6.07, 6.45) is 2.61. The first-order valence-corrected chi connectivity index (χ1v) is 6.59. The van der Waals surface area contributed by atoms with Crippen molar-refractivity contribution in [1.82, 2.24) is 4.90 Å². The summed E-state index contributed by atoms with van der Waals surface area (Å²) in [6, 6.07) is 8.51. The molecule has 0 heterocycles. The Bertz CT molecular complexity index is 407. The number of nitrogens with two attached hydrogens (primary N) is 1. The molecule has 1 amide bonds. The minimum atomic E-state index is 0.194. The van der Waals surface area contributed by atoms with E-state index >= 15 is 0 Å². The Labute approximate surface area is 109 Å². The first-order valence-electron chi connectivity index (χ1n) is 6.59. The van der Waals surface area contributed by atoms with Gasteiger partial charge in [0.2, 0.25) is 5.91 Å². The van der Waals surface area contributed by atoms with Crippen LogP contribution in [0.5, 0.6) is 0 Å². The number of nitrogens with zero attached hydrogens (tertiary/aromatic N) is 1. The van der Waals surface area contributed by atoms with E-state index in [-0.39, 0.29) is 5.91 Å². The quantitative estimate of drug-likeness (QED) is 0.879. The second-order valence-corrected chi connectivity index (χ2v) is 5.53. The number of benzene rings is 1.